The van der Waals surface area contributed by atoms with Crippen molar-refractivity contribution in [2.24, 2.45) is 5.73 Å². The molecule has 2 N–H and O–H groups in total. The van der Waals surface area contributed by atoms with Crippen LogP contribution in [-0.4, -0.2) is 41.1 Å². The van der Waals surface area contributed by atoms with Crippen molar-refractivity contribution >= 4 is 5.91 Å². The number of nitrogens with zero attached hydrogens (tertiary/aromatic N) is 3. The van der Waals surface area contributed by atoms with Gasteiger partial charge in [0.2, 0.25) is 0 Å². The number of rotatable bonds is 7. The van der Waals surface area contributed by atoms with Gasteiger partial charge >= 0.3 is 0 Å². The minimum Gasteiger partial charge on any atom is -0.492 e. The molecule has 3 aromatic rings. The summed E-state index contributed by atoms with van der Waals surface area (Å²) >= 11 is 0. The van der Waals surface area contributed by atoms with E-state index in [1.807, 2.05) is 31.2 Å². The Kier molecular flexibility index (Phi) is 5.83. The smallest absolute Gasteiger partial charge is 0.254 e. The lowest BCUT2D eigenvalue weighted by atomic mass is 10.1. The van der Waals surface area contributed by atoms with Crippen molar-refractivity contribution < 1.29 is 14.1 Å². The highest BCUT2D eigenvalue weighted by Crippen LogP contribution is 2.22. The van der Waals surface area contributed by atoms with E-state index < -0.39 is 0 Å². The van der Waals surface area contributed by atoms with E-state index in [-0.39, 0.29) is 5.91 Å². The Morgan fingerprint density at radius 3 is 2.74 bits per heavy atom. The largest absolute Gasteiger partial charge is 0.492 e. The van der Waals surface area contributed by atoms with E-state index in [4.69, 9.17) is 15.0 Å². The van der Waals surface area contributed by atoms with E-state index in [1.54, 1.807) is 36.5 Å². The molecule has 0 unspecified atom stereocenters. The summed E-state index contributed by atoms with van der Waals surface area (Å²) < 4.78 is 11.0. The molecule has 7 heteroatoms. The fourth-order valence-corrected chi connectivity index (χ4v) is 2.63. The van der Waals surface area contributed by atoms with Gasteiger partial charge in [-0.1, -0.05) is 11.2 Å². The molecular weight excluding hydrogens is 344 g/mol. The molecule has 2 heterocycles. The van der Waals surface area contributed by atoms with Crippen LogP contribution in [0.1, 0.15) is 21.7 Å². The first-order chi connectivity index (χ1) is 13.1. The van der Waals surface area contributed by atoms with E-state index in [0.29, 0.717) is 42.5 Å². The van der Waals surface area contributed by atoms with Crippen molar-refractivity contribution in [3.05, 3.63) is 65.7 Å². The lowest BCUT2D eigenvalue weighted by Gasteiger charge is -2.16. The predicted octanol–water partition coefficient (Wildman–Crippen LogP) is 2.65. The minimum absolute atomic E-state index is 0.130. The lowest BCUT2D eigenvalue weighted by Crippen LogP contribution is -2.26. The highest BCUT2D eigenvalue weighted by Gasteiger charge is 2.16. The average Bonchev–Trinajstić information content (AvgIpc) is 3.16. The van der Waals surface area contributed by atoms with Crippen molar-refractivity contribution in [3.63, 3.8) is 0 Å². The van der Waals surface area contributed by atoms with E-state index in [1.165, 1.54) is 0 Å². The molecule has 27 heavy (non-hydrogen) atoms. The van der Waals surface area contributed by atoms with Crippen molar-refractivity contribution in [1.82, 2.24) is 15.0 Å². The molecule has 1 amide bonds. The second-order valence-corrected chi connectivity index (χ2v) is 6.19. The third-order valence-electron chi connectivity index (χ3n) is 4.09. The number of carbonyl (C=O) groups excluding carboxylic acids is 1. The summed E-state index contributed by atoms with van der Waals surface area (Å²) in [5.74, 6) is 1.14. The van der Waals surface area contributed by atoms with Gasteiger partial charge in [-0.3, -0.25) is 9.78 Å². The molecule has 0 bridgehead atoms. The maximum absolute atomic E-state index is 12.7. The molecule has 0 radical (unpaired) electrons. The van der Waals surface area contributed by atoms with Crippen molar-refractivity contribution in [2.75, 3.05) is 20.2 Å². The van der Waals surface area contributed by atoms with Crippen molar-refractivity contribution in [2.45, 2.75) is 13.5 Å². The standard InChI is InChI=1S/C20H22N4O3/c1-14-3-4-16(11-19(14)26-10-7-21)20(25)24(2)13-17-12-18(23-27-17)15-5-8-22-9-6-15/h3-6,8-9,11-12H,7,10,13,21H2,1-2H3. The number of ether oxygens (including phenoxy) is 1. The molecular formula is C20H22N4O3. The molecule has 0 fully saturated rings. The zero-order valence-electron chi connectivity index (χ0n) is 15.4. The Bertz CT molecular complexity index is 909. The first-order valence-corrected chi connectivity index (χ1v) is 8.63. The molecule has 0 spiro atoms. The Balaban J connectivity index is 1.70. The number of carbonyl (C=O) groups is 1. The van der Waals surface area contributed by atoms with Gasteiger partial charge in [-0.25, -0.2) is 0 Å². The van der Waals surface area contributed by atoms with Gasteiger partial charge in [0.15, 0.2) is 5.76 Å². The maximum Gasteiger partial charge on any atom is 0.254 e. The van der Waals surface area contributed by atoms with Gasteiger partial charge < -0.3 is 19.9 Å². The fraction of sp³-hybridized carbons (Fsp3) is 0.250. The van der Waals surface area contributed by atoms with Gasteiger partial charge in [-0.15, -0.1) is 0 Å². The number of hydrogen-bond acceptors (Lipinski definition) is 6. The van der Waals surface area contributed by atoms with E-state index >= 15 is 0 Å². The van der Waals surface area contributed by atoms with Crippen LogP contribution in [0.25, 0.3) is 11.3 Å². The van der Waals surface area contributed by atoms with Gasteiger partial charge in [0, 0.05) is 43.2 Å². The van der Waals surface area contributed by atoms with Crippen LogP contribution in [0.2, 0.25) is 0 Å². The van der Waals surface area contributed by atoms with Crippen LogP contribution in [0.4, 0.5) is 0 Å². The van der Waals surface area contributed by atoms with Crippen LogP contribution in [-0.2, 0) is 6.54 Å². The van der Waals surface area contributed by atoms with Crippen molar-refractivity contribution in [1.29, 1.82) is 0 Å². The van der Waals surface area contributed by atoms with Crippen LogP contribution in [0.15, 0.2) is 53.3 Å². The molecule has 1 aromatic carbocycles. The quantitative estimate of drug-likeness (QED) is 0.691. The third kappa shape index (κ3) is 4.51. The number of amides is 1. The zero-order chi connectivity index (χ0) is 19.2. The van der Waals surface area contributed by atoms with Gasteiger partial charge in [0.25, 0.3) is 5.91 Å². The number of aryl methyl sites for hydroxylation is 1. The summed E-state index contributed by atoms with van der Waals surface area (Å²) in [6.07, 6.45) is 3.39. The summed E-state index contributed by atoms with van der Waals surface area (Å²) in [5, 5.41) is 4.06. The minimum atomic E-state index is -0.130. The molecule has 7 nitrogen and oxygen atoms in total. The summed E-state index contributed by atoms with van der Waals surface area (Å²) in [6, 6.07) is 10.9. The summed E-state index contributed by atoms with van der Waals surface area (Å²) in [5.41, 5.74) is 8.61. The van der Waals surface area contributed by atoms with Crippen LogP contribution >= 0.6 is 0 Å². The SMILES string of the molecule is Cc1ccc(C(=O)N(C)Cc2cc(-c3ccncc3)no2)cc1OCCN. The number of benzene rings is 1. The Morgan fingerprint density at radius 1 is 1.22 bits per heavy atom. The molecule has 2 aromatic heterocycles. The molecule has 0 saturated carbocycles. The molecule has 140 valence electrons. The Hall–Kier alpha value is -3.19. The normalized spacial score (nSPS) is 10.6. The van der Waals surface area contributed by atoms with Crippen LogP contribution in [0, 0.1) is 6.92 Å². The summed E-state index contributed by atoms with van der Waals surface area (Å²) in [4.78, 5) is 18.3. The van der Waals surface area contributed by atoms with Gasteiger partial charge in [0.05, 0.1) is 6.54 Å². The highest BCUT2D eigenvalue weighted by molar-refractivity contribution is 5.94. The number of nitrogens with two attached hydrogens (primary N) is 1. The monoisotopic (exact) mass is 366 g/mol. The lowest BCUT2D eigenvalue weighted by molar-refractivity contribution is 0.0772. The Morgan fingerprint density at radius 2 is 2.00 bits per heavy atom. The van der Waals surface area contributed by atoms with E-state index in [9.17, 15) is 4.79 Å². The van der Waals surface area contributed by atoms with Crippen LogP contribution in [0.5, 0.6) is 5.75 Å². The second kappa shape index (κ2) is 8.46. The van der Waals surface area contributed by atoms with Crippen molar-refractivity contribution in [3.8, 4) is 17.0 Å². The van der Waals surface area contributed by atoms with E-state index in [2.05, 4.69) is 10.1 Å². The summed E-state index contributed by atoms with van der Waals surface area (Å²) in [6.45, 7) is 3.07. The number of hydrogen-bond donors (Lipinski definition) is 1. The maximum atomic E-state index is 12.7. The number of pyridine rings is 1. The number of aromatic nitrogens is 2. The Labute approximate surface area is 157 Å². The van der Waals surface area contributed by atoms with Gasteiger partial charge in [0.1, 0.15) is 18.1 Å². The van der Waals surface area contributed by atoms with Crippen LogP contribution < -0.4 is 10.5 Å². The van der Waals surface area contributed by atoms with E-state index in [0.717, 1.165) is 11.1 Å². The average molecular weight is 366 g/mol. The highest BCUT2D eigenvalue weighted by atomic mass is 16.5. The van der Waals surface area contributed by atoms with Gasteiger partial charge in [-0.05, 0) is 36.8 Å². The first-order valence-electron chi connectivity index (χ1n) is 8.63. The molecule has 0 aliphatic rings. The first kappa shape index (κ1) is 18.6. The topological polar surface area (TPSA) is 94.5 Å². The second-order valence-electron chi connectivity index (χ2n) is 6.19. The molecule has 0 aliphatic carbocycles. The third-order valence-corrected chi connectivity index (χ3v) is 4.09. The molecule has 0 aliphatic heterocycles. The molecule has 0 atom stereocenters. The summed E-state index contributed by atoms with van der Waals surface area (Å²) in [7, 11) is 1.72. The molecule has 0 saturated heterocycles. The van der Waals surface area contributed by atoms with Crippen LogP contribution in [0.3, 0.4) is 0 Å². The van der Waals surface area contributed by atoms with Gasteiger partial charge in [-0.2, -0.15) is 0 Å². The fourth-order valence-electron chi connectivity index (χ4n) is 2.63. The molecule has 3 rings (SSSR count). The predicted molar refractivity (Wildman–Crippen MR) is 101 cm³/mol. The zero-order valence-corrected chi connectivity index (χ0v) is 15.4.